The molecule has 0 spiro atoms. The summed E-state index contributed by atoms with van der Waals surface area (Å²) in [7, 11) is 0. The number of carbonyl (C=O) groups excluding carboxylic acids is 1. The van der Waals surface area contributed by atoms with Gasteiger partial charge in [0, 0.05) is 12.2 Å². The molecule has 19 heavy (non-hydrogen) atoms. The Balaban J connectivity index is 2.18. The van der Waals surface area contributed by atoms with Gasteiger partial charge in [0.25, 0.3) is 0 Å². The maximum Gasteiger partial charge on any atom is 0.192 e. The lowest BCUT2D eigenvalue weighted by molar-refractivity contribution is 0.0126. The zero-order chi connectivity index (χ0) is 13.7. The summed E-state index contributed by atoms with van der Waals surface area (Å²) < 4.78 is 5.80. The smallest absolute Gasteiger partial charge is 0.192 e. The van der Waals surface area contributed by atoms with Crippen molar-refractivity contribution in [2.75, 3.05) is 6.61 Å². The largest absolute Gasteiger partial charge is 0.370 e. The third-order valence-electron chi connectivity index (χ3n) is 4.09. The molecule has 0 heterocycles. The van der Waals surface area contributed by atoms with E-state index < -0.39 is 0 Å². The lowest BCUT2D eigenvalue weighted by atomic mass is 9.82. The maximum absolute atomic E-state index is 12.7. The van der Waals surface area contributed by atoms with E-state index in [-0.39, 0.29) is 11.9 Å². The van der Waals surface area contributed by atoms with Crippen LogP contribution in [0.4, 0.5) is 0 Å². The van der Waals surface area contributed by atoms with E-state index >= 15 is 0 Å². The molecule has 0 aliphatic heterocycles. The molecule has 1 fully saturated rings. The summed E-state index contributed by atoms with van der Waals surface area (Å²) >= 11 is 0. The van der Waals surface area contributed by atoms with Crippen LogP contribution in [0.25, 0.3) is 0 Å². The number of ketones is 1. The first-order chi connectivity index (χ1) is 9.24. The Morgan fingerprint density at radius 1 is 1.26 bits per heavy atom. The molecule has 2 rings (SSSR count). The van der Waals surface area contributed by atoms with Crippen molar-refractivity contribution in [1.82, 2.24) is 0 Å². The highest BCUT2D eigenvalue weighted by atomic mass is 16.5. The average Bonchev–Trinajstić information content (AvgIpc) is 2.45. The summed E-state index contributed by atoms with van der Waals surface area (Å²) in [5.74, 6) is 0.577. The van der Waals surface area contributed by atoms with Crippen molar-refractivity contribution in [3.8, 4) is 0 Å². The van der Waals surface area contributed by atoms with E-state index in [1.165, 1.54) is 19.3 Å². The molecular formula is C17H24O2. The second-order valence-electron chi connectivity index (χ2n) is 5.45. The third-order valence-corrected chi connectivity index (χ3v) is 4.09. The summed E-state index contributed by atoms with van der Waals surface area (Å²) in [6.07, 6.45) is 5.77. The summed E-state index contributed by atoms with van der Waals surface area (Å²) in [5.41, 5.74) is 1.87. The van der Waals surface area contributed by atoms with Crippen molar-refractivity contribution in [3.63, 3.8) is 0 Å². The Kier molecular flexibility index (Phi) is 5.15. The second kappa shape index (κ2) is 6.85. The fraction of sp³-hybridized carbons (Fsp3) is 0.588. The molecule has 0 bridgehead atoms. The Bertz CT molecular complexity index is 419. The second-order valence-corrected chi connectivity index (χ2v) is 5.45. The molecule has 0 saturated heterocycles. The first-order valence-electron chi connectivity index (χ1n) is 7.45. The minimum atomic E-state index is -0.244. The van der Waals surface area contributed by atoms with E-state index in [4.69, 9.17) is 4.74 Å². The molecule has 1 aliphatic rings. The number of hydrogen-bond acceptors (Lipinski definition) is 2. The highest BCUT2D eigenvalue weighted by Crippen LogP contribution is 2.30. The average molecular weight is 260 g/mol. The molecule has 2 heteroatoms. The first-order valence-corrected chi connectivity index (χ1v) is 7.45. The van der Waals surface area contributed by atoms with Crippen molar-refractivity contribution in [2.24, 2.45) is 5.92 Å². The normalized spacial score (nSPS) is 18.2. The van der Waals surface area contributed by atoms with Crippen molar-refractivity contribution < 1.29 is 9.53 Å². The molecule has 2 nitrogen and oxygen atoms in total. The molecule has 1 aromatic rings. The van der Waals surface area contributed by atoms with Crippen LogP contribution >= 0.6 is 0 Å². The predicted octanol–water partition coefficient (Wildman–Crippen LogP) is 4.16. The summed E-state index contributed by atoms with van der Waals surface area (Å²) in [6, 6.07) is 7.83. The Labute approximate surface area is 116 Å². The lowest BCUT2D eigenvalue weighted by Crippen LogP contribution is -2.34. The van der Waals surface area contributed by atoms with Gasteiger partial charge in [-0.2, -0.15) is 0 Å². The molecular weight excluding hydrogens is 236 g/mol. The topological polar surface area (TPSA) is 26.3 Å². The fourth-order valence-electron chi connectivity index (χ4n) is 3.04. The number of Topliss-reactive ketones (excluding diaryl/α,β-unsaturated/α-hetero) is 1. The minimum Gasteiger partial charge on any atom is -0.370 e. The van der Waals surface area contributed by atoms with Crippen LogP contribution in [0.2, 0.25) is 0 Å². The van der Waals surface area contributed by atoms with Crippen LogP contribution in [0.3, 0.4) is 0 Å². The van der Waals surface area contributed by atoms with Gasteiger partial charge in [-0.1, -0.05) is 43.5 Å². The summed E-state index contributed by atoms with van der Waals surface area (Å²) in [4.78, 5) is 12.7. The van der Waals surface area contributed by atoms with Gasteiger partial charge in [-0.15, -0.1) is 0 Å². The van der Waals surface area contributed by atoms with Gasteiger partial charge in [0.1, 0.15) is 6.10 Å². The van der Waals surface area contributed by atoms with Gasteiger partial charge in [-0.25, -0.2) is 0 Å². The van der Waals surface area contributed by atoms with Gasteiger partial charge >= 0.3 is 0 Å². The predicted molar refractivity (Wildman–Crippen MR) is 77.5 cm³/mol. The van der Waals surface area contributed by atoms with Crippen molar-refractivity contribution in [2.45, 2.75) is 52.1 Å². The van der Waals surface area contributed by atoms with Crippen LogP contribution in [0.1, 0.15) is 54.9 Å². The van der Waals surface area contributed by atoms with Crippen LogP contribution in [0.15, 0.2) is 24.3 Å². The van der Waals surface area contributed by atoms with Crippen molar-refractivity contribution >= 4 is 5.78 Å². The lowest BCUT2D eigenvalue weighted by Gasteiger charge is -2.29. The molecule has 0 N–H and O–H groups in total. The van der Waals surface area contributed by atoms with Crippen LogP contribution in [0.5, 0.6) is 0 Å². The highest BCUT2D eigenvalue weighted by Gasteiger charge is 2.31. The third kappa shape index (κ3) is 3.44. The summed E-state index contributed by atoms with van der Waals surface area (Å²) in [6.45, 7) is 4.58. The Hall–Kier alpha value is -1.15. The number of rotatable bonds is 5. The first kappa shape index (κ1) is 14.3. The van der Waals surface area contributed by atoms with E-state index in [2.05, 4.69) is 0 Å². The maximum atomic E-state index is 12.7. The molecule has 1 unspecified atom stereocenters. The van der Waals surface area contributed by atoms with E-state index in [0.29, 0.717) is 12.5 Å². The Morgan fingerprint density at radius 3 is 2.58 bits per heavy atom. The molecule has 1 aliphatic carbocycles. The SMILES string of the molecule is CCOC(C(=O)c1ccccc1C)C1CCCCC1. The van der Waals surface area contributed by atoms with Gasteiger partial charge in [0.05, 0.1) is 0 Å². The fourth-order valence-corrected chi connectivity index (χ4v) is 3.04. The highest BCUT2D eigenvalue weighted by molar-refractivity contribution is 6.00. The van der Waals surface area contributed by atoms with Crippen LogP contribution in [-0.4, -0.2) is 18.5 Å². The number of benzene rings is 1. The molecule has 1 aromatic carbocycles. The van der Waals surface area contributed by atoms with Gasteiger partial charge in [0.15, 0.2) is 5.78 Å². The van der Waals surface area contributed by atoms with Crippen molar-refractivity contribution in [3.05, 3.63) is 35.4 Å². The monoisotopic (exact) mass is 260 g/mol. The molecule has 1 atom stereocenters. The molecule has 0 amide bonds. The van der Waals surface area contributed by atoms with Crippen LogP contribution in [0, 0.1) is 12.8 Å². The standard InChI is InChI=1S/C17H24O2/c1-3-19-17(14-10-5-4-6-11-14)16(18)15-12-8-7-9-13(15)2/h7-9,12,14,17H,3-6,10-11H2,1-2H3. The quantitative estimate of drug-likeness (QED) is 0.743. The molecule has 1 saturated carbocycles. The van der Waals surface area contributed by atoms with Gasteiger partial charge in [0.2, 0.25) is 0 Å². The van der Waals surface area contributed by atoms with Crippen molar-refractivity contribution in [1.29, 1.82) is 0 Å². The van der Waals surface area contributed by atoms with Gasteiger partial charge in [-0.05, 0) is 38.2 Å². The van der Waals surface area contributed by atoms with E-state index in [1.54, 1.807) is 0 Å². The number of ether oxygens (including phenoxy) is 1. The zero-order valence-electron chi connectivity index (χ0n) is 12.0. The molecule has 0 radical (unpaired) electrons. The van der Waals surface area contributed by atoms with Gasteiger partial charge < -0.3 is 4.74 Å². The molecule has 0 aromatic heterocycles. The number of carbonyl (C=O) groups is 1. The van der Waals surface area contributed by atoms with E-state index in [0.717, 1.165) is 24.0 Å². The number of hydrogen-bond donors (Lipinski definition) is 0. The zero-order valence-corrected chi connectivity index (χ0v) is 12.0. The Morgan fingerprint density at radius 2 is 1.95 bits per heavy atom. The van der Waals surface area contributed by atoms with Crippen LogP contribution < -0.4 is 0 Å². The van der Waals surface area contributed by atoms with Gasteiger partial charge in [-0.3, -0.25) is 4.79 Å². The van der Waals surface area contributed by atoms with E-state index in [9.17, 15) is 4.79 Å². The summed E-state index contributed by atoms with van der Waals surface area (Å²) in [5, 5.41) is 0. The van der Waals surface area contributed by atoms with E-state index in [1.807, 2.05) is 38.1 Å². The molecule has 104 valence electrons. The minimum absolute atomic E-state index is 0.173. The van der Waals surface area contributed by atoms with Crippen LogP contribution in [-0.2, 0) is 4.74 Å². The number of aryl methyl sites for hydroxylation is 1.